The van der Waals surface area contributed by atoms with Crippen molar-refractivity contribution in [1.29, 1.82) is 0 Å². The van der Waals surface area contributed by atoms with Crippen molar-refractivity contribution in [3.8, 4) is 0 Å². The second-order valence-corrected chi connectivity index (χ2v) is 8.43. The number of hydrogen-bond acceptors (Lipinski definition) is 4. The molecule has 33 heavy (non-hydrogen) atoms. The number of carbonyl (C=O) groups excluding carboxylic acids is 1. The highest BCUT2D eigenvalue weighted by Gasteiger charge is 2.28. The summed E-state index contributed by atoms with van der Waals surface area (Å²) in [5.74, 6) is -1.06. The van der Waals surface area contributed by atoms with Gasteiger partial charge in [-0.15, -0.1) is 0 Å². The highest BCUT2D eigenvalue weighted by Crippen LogP contribution is 2.32. The molecule has 174 valence electrons. The SMILES string of the molecule is CC(=O)N1CCC(c2cc3c(N[C@H](C)c4cccc(C(F)F)c4F)ccnc3n(C)c2=O)C1. The van der Waals surface area contributed by atoms with E-state index in [-0.39, 0.29) is 22.9 Å². The number of pyridine rings is 2. The van der Waals surface area contributed by atoms with Crippen LogP contribution in [-0.2, 0) is 11.8 Å². The highest BCUT2D eigenvalue weighted by molar-refractivity contribution is 5.89. The number of nitrogens with one attached hydrogen (secondary N) is 1. The second kappa shape index (κ2) is 8.88. The Labute approximate surface area is 189 Å². The molecule has 2 atom stereocenters. The number of aromatic nitrogens is 2. The van der Waals surface area contributed by atoms with E-state index in [0.29, 0.717) is 41.8 Å². The first-order valence-electron chi connectivity index (χ1n) is 10.8. The van der Waals surface area contributed by atoms with Gasteiger partial charge in [0.15, 0.2) is 0 Å². The lowest BCUT2D eigenvalue weighted by atomic mass is 9.98. The molecule has 0 saturated carbocycles. The van der Waals surface area contributed by atoms with Crippen LogP contribution in [0.15, 0.2) is 41.3 Å². The van der Waals surface area contributed by atoms with Crippen LogP contribution in [0.5, 0.6) is 0 Å². The van der Waals surface area contributed by atoms with Crippen LogP contribution in [0.25, 0.3) is 11.0 Å². The van der Waals surface area contributed by atoms with Gasteiger partial charge >= 0.3 is 0 Å². The lowest BCUT2D eigenvalue weighted by Gasteiger charge is -2.20. The molecule has 1 fully saturated rings. The smallest absolute Gasteiger partial charge is 0.266 e. The third-order valence-corrected chi connectivity index (χ3v) is 6.34. The molecule has 1 amide bonds. The van der Waals surface area contributed by atoms with Crippen LogP contribution in [0.3, 0.4) is 0 Å². The van der Waals surface area contributed by atoms with Gasteiger partial charge in [0, 0.05) is 61.4 Å². The van der Waals surface area contributed by atoms with E-state index < -0.39 is 23.8 Å². The lowest BCUT2D eigenvalue weighted by molar-refractivity contribution is -0.127. The van der Waals surface area contributed by atoms with E-state index in [9.17, 15) is 22.8 Å². The third kappa shape index (κ3) is 4.19. The van der Waals surface area contributed by atoms with Gasteiger partial charge in [0.05, 0.1) is 11.6 Å². The minimum atomic E-state index is -2.91. The summed E-state index contributed by atoms with van der Waals surface area (Å²) in [5.41, 5.74) is 0.948. The predicted octanol–water partition coefficient (Wildman–Crippen LogP) is 4.52. The van der Waals surface area contributed by atoms with Crippen LogP contribution in [0.2, 0.25) is 0 Å². The maximum Gasteiger partial charge on any atom is 0.266 e. The van der Waals surface area contributed by atoms with Gasteiger partial charge in [-0.3, -0.25) is 14.2 Å². The fraction of sp³-hybridized carbons (Fsp3) is 0.375. The number of likely N-dealkylation sites (tertiary alicyclic amines) is 1. The van der Waals surface area contributed by atoms with Gasteiger partial charge in [0.2, 0.25) is 5.91 Å². The Kier molecular flexibility index (Phi) is 6.14. The Morgan fingerprint density at radius 2 is 1.97 bits per heavy atom. The summed E-state index contributed by atoms with van der Waals surface area (Å²) in [6.45, 7) is 4.26. The van der Waals surface area contributed by atoms with Crippen molar-refractivity contribution < 1.29 is 18.0 Å². The molecule has 1 unspecified atom stereocenters. The van der Waals surface area contributed by atoms with Crippen molar-refractivity contribution in [2.45, 2.75) is 38.7 Å². The van der Waals surface area contributed by atoms with Crippen LogP contribution >= 0.6 is 0 Å². The van der Waals surface area contributed by atoms with Gasteiger partial charge in [-0.05, 0) is 25.5 Å². The monoisotopic (exact) mass is 458 g/mol. The summed E-state index contributed by atoms with van der Waals surface area (Å²) >= 11 is 0. The van der Waals surface area contributed by atoms with Crippen molar-refractivity contribution in [3.63, 3.8) is 0 Å². The zero-order chi connectivity index (χ0) is 23.9. The molecule has 1 aromatic carbocycles. The molecule has 6 nitrogen and oxygen atoms in total. The number of anilines is 1. The first-order chi connectivity index (χ1) is 15.7. The maximum absolute atomic E-state index is 14.7. The Morgan fingerprint density at radius 3 is 2.64 bits per heavy atom. The van der Waals surface area contributed by atoms with Crippen LogP contribution in [0, 0.1) is 5.82 Å². The highest BCUT2D eigenvalue weighted by atomic mass is 19.3. The number of rotatable bonds is 5. The van der Waals surface area contributed by atoms with Crippen LogP contribution in [0.4, 0.5) is 18.9 Å². The van der Waals surface area contributed by atoms with Crippen molar-refractivity contribution >= 4 is 22.6 Å². The molecule has 0 radical (unpaired) electrons. The minimum Gasteiger partial charge on any atom is -0.378 e. The van der Waals surface area contributed by atoms with Gasteiger partial charge in [-0.2, -0.15) is 0 Å². The molecule has 1 aliphatic rings. The normalized spacial score (nSPS) is 17.1. The Hall–Kier alpha value is -3.36. The number of alkyl halides is 2. The summed E-state index contributed by atoms with van der Waals surface area (Å²) in [4.78, 5) is 30.8. The Bertz CT molecular complexity index is 1270. The Morgan fingerprint density at radius 1 is 1.24 bits per heavy atom. The average Bonchev–Trinajstić information content (AvgIpc) is 3.27. The number of nitrogens with zero attached hydrogens (tertiary/aromatic N) is 3. The topological polar surface area (TPSA) is 67.2 Å². The zero-order valence-corrected chi connectivity index (χ0v) is 18.6. The second-order valence-electron chi connectivity index (χ2n) is 8.43. The van der Waals surface area contributed by atoms with E-state index in [4.69, 9.17) is 0 Å². The fourth-order valence-electron chi connectivity index (χ4n) is 4.48. The molecular weight excluding hydrogens is 433 g/mol. The molecule has 4 rings (SSSR count). The number of hydrogen-bond donors (Lipinski definition) is 1. The summed E-state index contributed by atoms with van der Waals surface area (Å²) in [6.07, 6.45) is -0.682. The van der Waals surface area contributed by atoms with Crippen LogP contribution in [-0.4, -0.2) is 33.4 Å². The van der Waals surface area contributed by atoms with E-state index in [1.54, 1.807) is 31.0 Å². The first-order valence-corrected chi connectivity index (χ1v) is 10.8. The molecule has 1 N–H and O–H groups in total. The van der Waals surface area contributed by atoms with E-state index in [1.165, 1.54) is 29.8 Å². The van der Waals surface area contributed by atoms with Crippen LogP contribution < -0.4 is 10.9 Å². The molecule has 1 saturated heterocycles. The van der Waals surface area contributed by atoms with Gasteiger partial charge in [0.25, 0.3) is 12.0 Å². The van der Waals surface area contributed by atoms with E-state index >= 15 is 0 Å². The molecule has 3 heterocycles. The van der Waals surface area contributed by atoms with Gasteiger partial charge in [-0.25, -0.2) is 18.2 Å². The third-order valence-electron chi connectivity index (χ3n) is 6.34. The molecule has 2 aromatic heterocycles. The van der Waals surface area contributed by atoms with Gasteiger partial charge in [0.1, 0.15) is 11.5 Å². The van der Waals surface area contributed by atoms with Crippen molar-refractivity contribution in [3.05, 3.63) is 69.4 Å². The molecule has 0 aliphatic carbocycles. The van der Waals surface area contributed by atoms with Crippen molar-refractivity contribution in [1.82, 2.24) is 14.5 Å². The summed E-state index contributed by atoms with van der Waals surface area (Å²) in [5, 5.41) is 3.86. The molecule has 0 bridgehead atoms. The number of halogens is 3. The average molecular weight is 458 g/mol. The quantitative estimate of drug-likeness (QED) is 0.611. The first kappa shape index (κ1) is 22.8. The summed E-state index contributed by atoms with van der Waals surface area (Å²) in [7, 11) is 1.64. The molecular formula is C24H25F3N4O2. The zero-order valence-electron chi connectivity index (χ0n) is 18.6. The largest absolute Gasteiger partial charge is 0.378 e. The predicted molar refractivity (Wildman–Crippen MR) is 120 cm³/mol. The number of benzene rings is 1. The summed E-state index contributed by atoms with van der Waals surface area (Å²) < 4.78 is 42.4. The van der Waals surface area contributed by atoms with Gasteiger partial charge in [-0.1, -0.05) is 18.2 Å². The summed E-state index contributed by atoms with van der Waals surface area (Å²) in [6, 6.07) is 6.82. The van der Waals surface area contributed by atoms with E-state index in [1.807, 2.05) is 0 Å². The van der Waals surface area contributed by atoms with E-state index in [0.717, 1.165) is 6.07 Å². The van der Waals surface area contributed by atoms with Crippen LogP contribution in [0.1, 0.15) is 55.3 Å². The molecule has 1 aliphatic heterocycles. The molecule has 0 spiro atoms. The molecule has 3 aromatic rings. The van der Waals surface area contributed by atoms with Crippen molar-refractivity contribution in [2.75, 3.05) is 18.4 Å². The fourth-order valence-corrected chi connectivity index (χ4v) is 4.48. The standard InChI is InChI=1S/C24H25F3N4O2/c1-13(16-5-4-6-17(21(16)25)22(26)27)29-20-7-9-28-23-19(20)11-18(24(33)30(23)3)15-8-10-31(12-15)14(2)32/h4-7,9,11,13,15,22H,8,10,12H2,1-3H3,(H,28,29)/t13-,15?/m1/s1. The number of carbonyl (C=O) groups is 1. The number of aryl methyl sites for hydroxylation is 1. The minimum absolute atomic E-state index is 0.0268. The number of amides is 1. The number of fused-ring (bicyclic) bond motifs is 1. The Balaban J connectivity index is 1.74. The van der Waals surface area contributed by atoms with E-state index in [2.05, 4.69) is 10.3 Å². The van der Waals surface area contributed by atoms with Crippen molar-refractivity contribution in [2.24, 2.45) is 7.05 Å². The molecule has 9 heteroatoms. The lowest BCUT2D eigenvalue weighted by Crippen LogP contribution is -2.28. The van der Waals surface area contributed by atoms with Gasteiger partial charge < -0.3 is 10.2 Å². The maximum atomic E-state index is 14.7.